The minimum atomic E-state index is -0.155. The van der Waals surface area contributed by atoms with Crippen LogP contribution in [0.4, 0.5) is 0 Å². The lowest BCUT2D eigenvalue weighted by molar-refractivity contribution is 0.174. The van der Waals surface area contributed by atoms with Crippen LogP contribution in [0.15, 0.2) is 67.4 Å². The van der Waals surface area contributed by atoms with Gasteiger partial charge in [0, 0.05) is 35.1 Å². The maximum absolute atomic E-state index is 13.6. The molecule has 3 aromatic heterocycles. The molecule has 184 valence electrons. The number of hydrogen-bond donors (Lipinski definition) is 0. The zero-order valence-corrected chi connectivity index (χ0v) is 21.8. The predicted molar refractivity (Wildman–Crippen MR) is 142 cm³/mol. The Balaban J connectivity index is 1.36. The van der Waals surface area contributed by atoms with Gasteiger partial charge in [0.05, 0.1) is 16.6 Å². The van der Waals surface area contributed by atoms with Gasteiger partial charge in [0.25, 0.3) is 11.1 Å². The van der Waals surface area contributed by atoms with Gasteiger partial charge in [-0.1, -0.05) is 23.4 Å². The molecule has 4 heterocycles. The van der Waals surface area contributed by atoms with Crippen molar-refractivity contribution in [2.75, 3.05) is 6.79 Å². The quantitative estimate of drug-likeness (QED) is 0.183. The third kappa shape index (κ3) is 4.55. The molecule has 8 nitrogen and oxygen atoms in total. The Morgan fingerprint density at radius 1 is 1.06 bits per heavy atom. The Kier molecular flexibility index (Phi) is 6.30. The summed E-state index contributed by atoms with van der Waals surface area (Å²) in [4.78, 5) is 35.7. The van der Waals surface area contributed by atoms with Crippen molar-refractivity contribution in [3.05, 3.63) is 79.1 Å². The van der Waals surface area contributed by atoms with Gasteiger partial charge in [0.2, 0.25) is 6.79 Å². The number of fused-ring (bicyclic) bond motifs is 3. The normalized spacial score (nSPS) is 15.0. The summed E-state index contributed by atoms with van der Waals surface area (Å²) in [6.45, 7) is 0.682. The van der Waals surface area contributed by atoms with Crippen molar-refractivity contribution < 1.29 is 9.47 Å². The number of nitrogens with zero attached hydrogens (tertiary/aromatic N) is 4. The van der Waals surface area contributed by atoms with E-state index in [2.05, 4.69) is 27.0 Å². The van der Waals surface area contributed by atoms with E-state index >= 15 is 0 Å². The molecule has 0 unspecified atom stereocenters. The number of pyridine rings is 1. The van der Waals surface area contributed by atoms with Gasteiger partial charge < -0.3 is 9.47 Å². The number of aromatic nitrogens is 4. The van der Waals surface area contributed by atoms with Crippen molar-refractivity contribution in [3.63, 3.8) is 0 Å². The van der Waals surface area contributed by atoms with Crippen molar-refractivity contribution >= 4 is 44.2 Å². The first-order valence-electron chi connectivity index (χ1n) is 11.9. The molecule has 0 atom stereocenters. The summed E-state index contributed by atoms with van der Waals surface area (Å²) in [6.07, 6.45) is 9.43. The number of rotatable bonds is 6. The average molecular weight is 567 g/mol. The number of halogens is 1. The average Bonchev–Trinajstić information content (AvgIpc) is 3.34. The molecule has 6 rings (SSSR count). The molecule has 0 N–H and O–H groups in total. The molecule has 4 aromatic rings. The summed E-state index contributed by atoms with van der Waals surface area (Å²) in [6, 6.07) is 8.66. The van der Waals surface area contributed by atoms with E-state index in [0.717, 1.165) is 23.7 Å². The highest BCUT2D eigenvalue weighted by atomic mass is 79.9. The molecule has 1 aliphatic heterocycles. The van der Waals surface area contributed by atoms with E-state index in [1.165, 1.54) is 40.6 Å². The minimum absolute atomic E-state index is 0.103. The van der Waals surface area contributed by atoms with Crippen LogP contribution >= 0.6 is 27.7 Å². The highest BCUT2D eigenvalue weighted by Gasteiger charge is 2.20. The highest BCUT2D eigenvalue weighted by molar-refractivity contribution is 9.10. The molecule has 1 aromatic carbocycles. The molecule has 1 aliphatic carbocycles. The second-order valence-electron chi connectivity index (χ2n) is 8.88. The van der Waals surface area contributed by atoms with Crippen LogP contribution in [-0.2, 0) is 12.3 Å². The molecular formula is C26H23BrN4O4S. The molecule has 2 aliphatic rings. The smallest absolute Gasteiger partial charge is 0.262 e. The molecule has 0 amide bonds. The highest BCUT2D eigenvalue weighted by Crippen LogP contribution is 2.35. The van der Waals surface area contributed by atoms with Gasteiger partial charge in [-0.25, -0.2) is 9.97 Å². The van der Waals surface area contributed by atoms with Crippen molar-refractivity contribution in [3.8, 4) is 11.5 Å². The molecule has 0 radical (unpaired) electrons. The topological polar surface area (TPSA) is 87.7 Å². The monoisotopic (exact) mass is 566 g/mol. The van der Waals surface area contributed by atoms with E-state index in [-0.39, 0.29) is 17.9 Å². The van der Waals surface area contributed by atoms with E-state index in [4.69, 9.17) is 14.5 Å². The zero-order chi connectivity index (χ0) is 24.6. The molecule has 36 heavy (non-hydrogen) atoms. The van der Waals surface area contributed by atoms with E-state index < -0.39 is 0 Å². The Morgan fingerprint density at radius 3 is 2.75 bits per heavy atom. The zero-order valence-electron chi connectivity index (χ0n) is 19.4. The summed E-state index contributed by atoms with van der Waals surface area (Å²) in [5, 5.41) is 1.11. The minimum Gasteiger partial charge on any atom is -0.454 e. The van der Waals surface area contributed by atoms with Gasteiger partial charge in [-0.2, -0.15) is 0 Å². The lowest BCUT2D eigenvalue weighted by Crippen LogP contribution is -2.24. The number of benzene rings is 1. The van der Waals surface area contributed by atoms with Crippen LogP contribution in [0.2, 0.25) is 0 Å². The van der Waals surface area contributed by atoms with Gasteiger partial charge >= 0.3 is 0 Å². The summed E-state index contributed by atoms with van der Waals surface area (Å²) in [7, 11) is 0. The summed E-state index contributed by atoms with van der Waals surface area (Å²) in [5.74, 6) is 1.56. The predicted octanol–water partition coefficient (Wildman–Crippen LogP) is 5.08. The van der Waals surface area contributed by atoms with E-state index in [1.807, 2.05) is 6.07 Å². The van der Waals surface area contributed by atoms with E-state index in [9.17, 15) is 9.59 Å². The fourth-order valence-electron chi connectivity index (χ4n) is 4.62. The van der Waals surface area contributed by atoms with E-state index in [1.54, 1.807) is 29.0 Å². The lowest BCUT2D eigenvalue weighted by Gasteiger charge is -2.16. The lowest BCUT2D eigenvalue weighted by atomic mass is 9.97. The fraction of sp³-hybridized carbons (Fsp3) is 0.308. The van der Waals surface area contributed by atoms with Gasteiger partial charge in [0.15, 0.2) is 16.7 Å². The maximum atomic E-state index is 13.6. The fourth-order valence-corrected chi connectivity index (χ4v) is 5.88. The summed E-state index contributed by atoms with van der Waals surface area (Å²) < 4.78 is 15.0. The van der Waals surface area contributed by atoms with Crippen LogP contribution in [0.1, 0.15) is 37.8 Å². The molecule has 0 spiro atoms. The first-order chi connectivity index (χ1) is 17.5. The third-order valence-electron chi connectivity index (χ3n) is 6.48. The number of hydrogen-bond acceptors (Lipinski definition) is 7. The second-order valence-corrected chi connectivity index (χ2v) is 10.7. The molecular weight excluding hydrogens is 544 g/mol. The summed E-state index contributed by atoms with van der Waals surface area (Å²) in [5.41, 5.74) is 2.91. The van der Waals surface area contributed by atoms with Crippen LogP contribution in [0.5, 0.6) is 11.5 Å². The van der Waals surface area contributed by atoms with Crippen LogP contribution in [0.25, 0.3) is 16.6 Å². The maximum Gasteiger partial charge on any atom is 0.262 e. The van der Waals surface area contributed by atoms with Crippen LogP contribution in [-0.4, -0.2) is 25.7 Å². The first-order valence-corrected chi connectivity index (χ1v) is 13.7. The van der Waals surface area contributed by atoms with Gasteiger partial charge in [0.1, 0.15) is 5.65 Å². The summed E-state index contributed by atoms with van der Waals surface area (Å²) >= 11 is 4.80. The molecule has 0 fully saturated rings. The third-order valence-corrected chi connectivity index (χ3v) is 7.96. The van der Waals surface area contributed by atoms with Crippen molar-refractivity contribution in [1.82, 2.24) is 18.9 Å². The largest absolute Gasteiger partial charge is 0.454 e. The molecule has 0 bridgehead atoms. The number of ether oxygens (including phenoxy) is 2. The Morgan fingerprint density at radius 2 is 1.92 bits per heavy atom. The van der Waals surface area contributed by atoms with Crippen LogP contribution < -0.4 is 20.6 Å². The first kappa shape index (κ1) is 23.3. The van der Waals surface area contributed by atoms with Gasteiger partial charge in [-0.05, 0) is 66.2 Å². The molecule has 10 heteroatoms. The van der Waals surface area contributed by atoms with Gasteiger partial charge in [-0.3, -0.25) is 18.6 Å². The standard InChI is InChI=1S/C26H23BrN4O4S/c27-17-6-7-23-28-18(10-24(32)31(23)13-17)14-36-26-29-20-12-22-21(34-15-35-22)11-19(20)25(33)30(26)9-8-16-4-2-1-3-5-16/h4,6-7,10-13H,1-3,5,8-9,14-15H2. The van der Waals surface area contributed by atoms with E-state index in [0.29, 0.717) is 51.2 Å². The second kappa shape index (κ2) is 9.74. The van der Waals surface area contributed by atoms with Crippen LogP contribution in [0, 0.1) is 0 Å². The molecule has 0 saturated carbocycles. The Labute approximate surface area is 219 Å². The number of thioether (sulfide) groups is 1. The molecule has 0 saturated heterocycles. The van der Waals surface area contributed by atoms with Crippen molar-refractivity contribution in [1.29, 1.82) is 0 Å². The van der Waals surface area contributed by atoms with Crippen molar-refractivity contribution in [2.24, 2.45) is 0 Å². The van der Waals surface area contributed by atoms with Gasteiger partial charge in [-0.15, -0.1) is 0 Å². The van der Waals surface area contributed by atoms with Crippen molar-refractivity contribution in [2.45, 2.75) is 49.6 Å². The van der Waals surface area contributed by atoms with Crippen LogP contribution in [0.3, 0.4) is 0 Å². The number of allylic oxidation sites excluding steroid dienone is 2. The Hall–Kier alpha value is -3.11. The SMILES string of the molecule is O=c1c2cc3c(cc2nc(SCc2cc(=O)n4cc(Br)ccc4n2)n1CCC1=CCCCC1)OCO3. The Bertz CT molecular complexity index is 1650.